The molecule has 0 bridgehead atoms. The van der Waals surface area contributed by atoms with Gasteiger partial charge in [-0.15, -0.1) is 0 Å². The first-order chi connectivity index (χ1) is 14.4. The number of carboxylic acids is 1. The molecule has 0 rings (SSSR count). The molecule has 31 heavy (non-hydrogen) atoms. The maximum absolute atomic E-state index is 12.9. The van der Waals surface area contributed by atoms with Gasteiger partial charge in [-0.05, 0) is 51.0 Å². The summed E-state index contributed by atoms with van der Waals surface area (Å²) in [5.41, 5.74) is 11.1. The molecule has 10 nitrogen and oxygen atoms in total. The molecule has 180 valence electrons. The summed E-state index contributed by atoms with van der Waals surface area (Å²) in [6.07, 6.45) is 2.51. The highest BCUT2D eigenvalue weighted by Crippen LogP contribution is 2.12. The topological polar surface area (TPSA) is 177 Å². The van der Waals surface area contributed by atoms with E-state index in [0.29, 0.717) is 32.2 Å². The lowest BCUT2D eigenvalue weighted by atomic mass is 9.96. The zero-order valence-corrected chi connectivity index (χ0v) is 19.4. The molecule has 0 heterocycles. The van der Waals surface area contributed by atoms with Crippen LogP contribution in [-0.4, -0.2) is 59.5 Å². The number of hydrogen-bond donors (Lipinski definition) is 6. The second-order valence-electron chi connectivity index (χ2n) is 8.54. The van der Waals surface area contributed by atoms with Crippen molar-refractivity contribution in [2.45, 2.75) is 90.9 Å². The van der Waals surface area contributed by atoms with Crippen molar-refractivity contribution in [2.75, 3.05) is 6.54 Å². The molecule has 0 aromatic heterocycles. The van der Waals surface area contributed by atoms with Gasteiger partial charge in [-0.1, -0.05) is 34.1 Å². The van der Waals surface area contributed by atoms with Crippen molar-refractivity contribution in [3.8, 4) is 0 Å². The molecule has 0 saturated carbocycles. The summed E-state index contributed by atoms with van der Waals surface area (Å²) in [7, 11) is 0. The Hall–Kier alpha value is -2.20. The average molecular weight is 444 g/mol. The Morgan fingerprint density at radius 1 is 0.871 bits per heavy atom. The molecular formula is C21H41N5O5. The fraction of sp³-hybridized carbons (Fsp3) is 0.810. The SMILES string of the molecule is CCC(C)C(NC(=O)C(CCCCN)NC(=O)C(C)N)C(=O)NC(CC(C)C)C(=O)O. The quantitative estimate of drug-likeness (QED) is 0.194. The van der Waals surface area contributed by atoms with E-state index in [1.165, 1.54) is 6.92 Å². The molecule has 0 fully saturated rings. The van der Waals surface area contributed by atoms with Gasteiger partial charge < -0.3 is 32.5 Å². The molecule has 8 N–H and O–H groups in total. The summed E-state index contributed by atoms with van der Waals surface area (Å²) in [6.45, 7) is 9.37. The van der Waals surface area contributed by atoms with Crippen molar-refractivity contribution >= 4 is 23.7 Å². The van der Waals surface area contributed by atoms with Crippen LogP contribution >= 0.6 is 0 Å². The van der Waals surface area contributed by atoms with E-state index in [1.54, 1.807) is 6.92 Å². The van der Waals surface area contributed by atoms with Gasteiger partial charge in [0.15, 0.2) is 0 Å². The molecule has 0 aromatic rings. The number of nitrogens with one attached hydrogen (secondary N) is 3. The van der Waals surface area contributed by atoms with E-state index in [1.807, 2.05) is 20.8 Å². The van der Waals surface area contributed by atoms with Crippen LogP contribution in [0, 0.1) is 11.8 Å². The molecule has 0 spiro atoms. The minimum absolute atomic E-state index is 0.0680. The van der Waals surface area contributed by atoms with Crippen molar-refractivity contribution in [1.82, 2.24) is 16.0 Å². The highest BCUT2D eigenvalue weighted by atomic mass is 16.4. The van der Waals surface area contributed by atoms with Crippen LogP contribution in [0.3, 0.4) is 0 Å². The van der Waals surface area contributed by atoms with Gasteiger partial charge in [0.1, 0.15) is 18.1 Å². The third-order valence-electron chi connectivity index (χ3n) is 5.11. The second kappa shape index (κ2) is 14.7. The summed E-state index contributed by atoms with van der Waals surface area (Å²) >= 11 is 0. The number of hydrogen-bond acceptors (Lipinski definition) is 6. The monoisotopic (exact) mass is 443 g/mol. The van der Waals surface area contributed by atoms with Crippen molar-refractivity contribution < 1.29 is 24.3 Å². The highest BCUT2D eigenvalue weighted by Gasteiger charge is 2.32. The van der Waals surface area contributed by atoms with Crippen LogP contribution in [0.1, 0.15) is 66.7 Å². The Labute approximate surface area is 185 Å². The number of carbonyl (C=O) groups is 4. The largest absolute Gasteiger partial charge is 0.480 e. The summed E-state index contributed by atoms with van der Waals surface area (Å²) in [6, 6.07) is -3.63. The second-order valence-corrected chi connectivity index (χ2v) is 8.54. The third kappa shape index (κ3) is 11.1. The minimum atomic E-state index is -1.12. The lowest BCUT2D eigenvalue weighted by Gasteiger charge is -2.28. The van der Waals surface area contributed by atoms with Crippen LogP contribution in [0.4, 0.5) is 0 Å². The first-order valence-electron chi connectivity index (χ1n) is 11.0. The smallest absolute Gasteiger partial charge is 0.326 e. The van der Waals surface area contributed by atoms with Gasteiger partial charge in [-0.25, -0.2) is 4.79 Å². The van der Waals surface area contributed by atoms with Crippen molar-refractivity contribution in [3.05, 3.63) is 0 Å². The molecule has 0 radical (unpaired) electrons. The average Bonchev–Trinajstić information content (AvgIpc) is 2.69. The van der Waals surface area contributed by atoms with Crippen LogP contribution in [-0.2, 0) is 19.2 Å². The van der Waals surface area contributed by atoms with Gasteiger partial charge in [-0.3, -0.25) is 14.4 Å². The Morgan fingerprint density at radius 3 is 1.90 bits per heavy atom. The molecule has 10 heteroatoms. The van der Waals surface area contributed by atoms with Gasteiger partial charge in [0.25, 0.3) is 0 Å². The number of carbonyl (C=O) groups excluding carboxylic acids is 3. The van der Waals surface area contributed by atoms with E-state index < -0.39 is 47.9 Å². The number of aliphatic carboxylic acids is 1. The summed E-state index contributed by atoms with van der Waals surface area (Å²) in [4.78, 5) is 49.4. The van der Waals surface area contributed by atoms with Crippen LogP contribution in [0.25, 0.3) is 0 Å². The van der Waals surface area contributed by atoms with Crippen LogP contribution in [0.2, 0.25) is 0 Å². The Morgan fingerprint density at radius 2 is 1.45 bits per heavy atom. The maximum Gasteiger partial charge on any atom is 0.326 e. The van der Waals surface area contributed by atoms with E-state index in [2.05, 4.69) is 16.0 Å². The van der Waals surface area contributed by atoms with E-state index in [9.17, 15) is 24.3 Å². The Kier molecular flexibility index (Phi) is 13.7. The Balaban J connectivity index is 5.45. The van der Waals surface area contributed by atoms with Crippen LogP contribution in [0.15, 0.2) is 0 Å². The maximum atomic E-state index is 12.9. The molecule has 0 saturated heterocycles. The Bertz CT molecular complexity index is 597. The first kappa shape index (κ1) is 28.8. The molecule has 0 aliphatic rings. The lowest BCUT2D eigenvalue weighted by Crippen LogP contribution is -2.58. The van der Waals surface area contributed by atoms with Crippen LogP contribution in [0.5, 0.6) is 0 Å². The van der Waals surface area contributed by atoms with Gasteiger partial charge >= 0.3 is 5.97 Å². The van der Waals surface area contributed by atoms with E-state index in [4.69, 9.17) is 11.5 Å². The zero-order valence-electron chi connectivity index (χ0n) is 19.4. The van der Waals surface area contributed by atoms with Crippen molar-refractivity contribution in [1.29, 1.82) is 0 Å². The van der Waals surface area contributed by atoms with Gasteiger partial charge in [0.2, 0.25) is 17.7 Å². The summed E-state index contributed by atoms with van der Waals surface area (Å²) in [5.74, 6) is -2.85. The zero-order chi connectivity index (χ0) is 24.1. The van der Waals surface area contributed by atoms with Gasteiger partial charge in [0.05, 0.1) is 6.04 Å². The summed E-state index contributed by atoms with van der Waals surface area (Å²) < 4.78 is 0. The summed E-state index contributed by atoms with van der Waals surface area (Å²) in [5, 5.41) is 17.3. The minimum Gasteiger partial charge on any atom is -0.480 e. The number of nitrogens with two attached hydrogens (primary N) is 2. The number of amides is 3. The number of unbranched alkanes of at least 4 members (excludes halogenated alkanes) is 1. The lowest BCUT2D eigenvalue weighted by molar-refractivity contribution is -0.143. The van der Waals surface area contributed by atoms with Crippen molar-refractivity contribution in [3.63, 3.8) is 0 Å². The normalized spacial score (nSPS) is 16.0. The van der Waals surface area contributed by atoms with E-state index >= 15 is 0 Å². The molecule has 3 amide bonds. The predicted octanol–water partition coefficient (Wildman–Crippen LogP) is 0.0938. The van der Waals surface area contributed by atoms with E-state index in [-0.39, 0.29) is 18.3 Å². The van der Waals surface area contributed by atoms with Gasteiger partial charge in [0, 0.05) is 0 Å². The first-order valence-corrected chi connectivity index (χ1v) is 11.0. The number of carboxylic acid groups (broad SMARTS) is 1. The fourth-order valence-electron chi connectivity index (χ4n) is 2.97. The molecule has 0 aromatic carbocycles. The highest BCUT2D eigenvalue weighted by molar-refractivity contribution is 5.94. The fourth-order valence-corrected chi connectivity index (χ4v) is 2.97. The molecule has 0 aliphatic heterocycles. The molecule has 5 atom stereocenters. The molecule has 0 aliphatic carbocycles. The van der Waals surface area contributed by atoms with E-state index in [0.717, 1.165) is 0 Å². The van der Waals surface area contributed by atoms with Gasteiger partial charge in [-0.2, -0.15) is 0 Å². The molecular weight excluding hydrogens is 402 g/mol. The number of rotatable bonds is 15. The van der Waals surface area contributed by atoms with Crippen molar-refractivity contribution in [2.24, 2.45) is 23.3 Å². The third-order valence-corrected chi connectivity index (χ3v) is 5.11. The predicted molar refractivity (Wildman–Crippen MR) is 119 cm³/mol. The molecule has 5 unspecified atom stereocenters. The standard InChI is InChI=1S/C21H41N5O5/c1-6-13(4)17(20(29)25-16(21(30)31)11-12(2)3)26-19(28)15(9-7-8-10-22)24-18(27)14(5)23/h12-17H,6-11,22-23H2,1-5H3,(H,24,27)(H,25,29)(H,26,28)(H,30,31). The van der Waals surface area contributed by atoms with Crippen LogP contribution < -0.4 is 27.4 Å².